The summed E-state index contributed by atoms with van der Waals surface area (Å²) in [6.07, 6.45) is 0.865. The lowest BCUT2D eigenvalue weighted by Gasteiger charge is -2.03. The molecule has 0 saturated heterocycles. The molecule has 0 radical (unpaired) electrons. The van der Waals surface area contributed by atoms with Crippen LogP contribution in [-0.2, 0) is 27.4 Å². The van der Waals surface area contributed by atoms with E-state index < -0.39 is 12.0 Å². The maximum atomic E-state index is 11.5. The molecule has 20 heavy (non-hydrogen) atoms. The van der Waals surface area contributed by atoms with Gasteiger partial charge in [-0.2, -0.15) is 0 Å². The minimum atomic E-state index is -0.765. The molecule has 1 heterocycles. The number of amides is 2. The molecule has 0 aliphatic rings. The minimum Gasteiger partial charge on any atom is -0.450 e. The predicted octanol–water partition coefficient (Wildman–Crippen LogP) is -0.713. The van der Waals surface area contributed by atoms with Crippen LogP contribution in [0.1, 0.15) is 12.6 Å². The van der Waals surface area contributed by atoms with Gasteiger partial charge in [-0.25, -0.2) is 9.48 Å². The second kappa shape index (κ2) is 8.99. The molecule has 112 valence electrons. The topological polar surface area (TPSA) is 107 Å². The molecular formula is C11H19N5O4. The van der Waals surface area contributed by atoms with Crippen molar-refractivity contribution in [1.82, 2.24) is 25.6 Å². The third kappa shape index (κ3) is 6.25. The molecule has 0 bridgehead atoms. The van der Waals surface area contributed by atoms with Crippen LogP contribution >= 0.6 is 0 Å². The fraction of sp³-hybridized carbons (Fsp3) is 0.636. The van der Waals surface area contributed by atoms with Gasteiger partial charge in [0.1, 0.15) is 6.54 Å². The van der Waals surface area contributed by atoms with Crippen LogP contribution in [0.25, 0.3) is 0 Å². The molecule has 0 unspecified atom stereocenters. The molecule has 9 nitrogen and oxygen atoms in total. The van der Waals surface area contributed by atoms with Crippen molar-refractivity contribution in [3.8, 4) is 0 Å². The number of ether oxygens (including phenoxy) is 2. The number of alkyl carbamates (subject to hydrolysis) is 1. The van der Waals surface area contributed by atoms with Crippen LogP contribution in [0.2, 0.25) is 0 Å². The predicted molar refractivity (Wildman–Crippen MR) is 68.8 cm³/mol. The molecule has 2 N–H and O–H groups in total. The summed E-state index contributed by atoms with van der Waals surface area (Å²) in [6.45, 7) is 3.61. The highest BCUT2D eigenvalue weighted by molar-refractivity contribution is 5.91. The first-order chi connectivity index (χ1) is 9.65. The average Bonchev–Trinajstić information content (AvgIpc) is 2.82. The molecule has 2 amide bonds. The zero-order valence-electron chi connectivity index (χ0n) is 11.6. The summed E-state index contributed by atoms with van der Waals surface area (Å²) < 4.78 is 10.8. The van der Waals surface area contributed by atoms with E-state index in [4.69, 9.17) is 4.74 Å². The van der Waals surface area contributed by atoms with E-state index in [1.165, 1.54) is 4.68 Å². The molecule has 0 aliphatic heterocycles. The zero-order valence-corrected chi connectivity index (χ0v) is 11.6. The highest BCUT2D eigenvalue weighted by Gasteiger charge is 2.10. The van der Waals surface area contributed by atoms with Crippen LogP contribution in [0.3, 0.4) is 0 Å². The SMILES string of the molecule is CCOC(=O)NC(=O)Cn1cc(CNCCOC)nn1. The average molecular weight is 285 g/mol. The van der Waals surface area contributed by atoms with E-state index in [1.807, 2.05) is 0 Å². The summed E-state index contributed by atoms with van der Waals surface area (Å²) in [5.74, 6) is -0.507. The summed E-state index contributed by atoms with van der Waals surface area (Å²) in [6, 6.07) is 0. The van der Waals surface area contributed by atoms with E-state index in [9.17, 15) is 9.59 Å². The lowest BCUT2D eigenvalue weighted by Crippen LogP contribution is -2.33. The van der Waals surface area contributed by atoms with Gasteiger partial charge in [0.05, 0.1) is 25.1 Å². The van der Waals surface area contributed by atoms with E-state index in [0.717, 1.165) is 0 Å². The molecular weight excluding hydrogens is 266 g/mol. The number of carbonyl (C=O) groups is 2. The Labute approximate surface area is 116 Å². The highest BCUT2D eigenvalue weighted by atomic mass is 16.5. The van der Waals surface area contributed by atoms with Crippen LogP contribution in [0.5, 0.6) is 0 Å². The Morgan fingerprint density at radius 3 is 2.95 bits per heavy atom. The summed E-state index contributed by atoms with van der Waals surface area (Å²) in [5.41, 5.74) is 0.699. The van der Waals surface area contributed by atoms with Crippen molar-refractivity contribution in [2.24, 2.45) is 0 Å². The lowest BCUT2D eigenvalue weighted by atomic mass is 10.4. The molecule has 0 saturated carbocycles. The minimum absolute atomic E-state index is 0.0934. The Hall–Kier alpha value is -2.00. The first-order valence-electron chi connectivity index (χ1n) is 6.21. The number of methoxy groups -OCH3 is 1. The van der Waals surface area contributed by atoms with Crippen LogP contribution in [0, 0.1) is 0 Å². The largest absolute Gasteiger partial charge is 0.450 e. The van der Waals surface area contributed by atoms with E-state index in [2.05, 4.69) is 25.7 Å². The monoisotopic (exact) mass is 285 g/mol. The lowest BCUT2D eigenvalue weighted by molar-refractivity contribution is -0.121. The van der Waals surface area contributed by atoms with Gasteiger partial charge in [0.2, 0.25) is 0 Å². The summed E-state index contributed by atoms with van der Waals surface area (Å²) in [7, 11) is 1.63. The molecule has 0 fully saturated rings. The highest BCUT2D eigenvalue weighted by Crippen LogP contribution is 1.92. The number of hydrogen-bond acceptors (Lipinski definition) is 7. The van der Waals surface area contributed by atoms with E-state index in [-0.39, 0.29) is 13.2 Å². The van der Waals surface area contributed by atoms with Gasteiger partial charge in [0.15, 0.2) is 0 Å². The second-order valence-electron chi connectivity index (χ2n) is 3.85. The molecule has 1 aromatic heterocycles. The van der Waals surface area contributed by atoms with Crippen molar-refractivity contribution >= 4 is 12.0 Å². The summed E-state index contributed by atoms with van der Waals surface area (Å²) in [4.78, 5) is 22.5. The smallest absolute Gasteiger partial charge is 0.413 e. The summed E-state index contributed by atoms with van der Waals surface area (Å²) >= 11 is 0. The van der Waals surface area contributed by atoms with Crippen molar-refractivity contribution in [2.75, 3.05) is 26.9 Å². The van der Waals surface area contributed by atoms with Crippen LogP contribution < -0.4 is 10.6 Å². The van der Waals surface area contributed by atoms with Gasteiger partial charge in [0, 0.05) is 20.2 Å². The quantitative estimate of drug-likeness (QED) is 0.607. The number of imide groups is 1. The third-order valence-electron chi connectivity index (χ3n) is 2.20. The zero-order chi connectivity index (χ0) is 14.8. The Kier molecular flexibility index (Phi) is 7.22. The first-order valence-corrected chi connectivity index (χ1v) is 6.21. The first kappa shape index (κ1) is 16.1. The van der Waals surface area contributed by atoms with Gasteiger partial charge in [-0.15, -0.1) is 5.10 Å². The van der Waals surface area contributed by atoms with Gasteiger partial charge in [-0.05, 0) is 6.92 Å². The van der Waals surface area contributed by atoms with Crippen molar-refractivity contribution in [2.45, 2.75) is 20.0 Å². The van der Waals surface area contributed by atoms with Crippen molar-refractivity contribution in [3.63, 3.8) is 0 Å². The maximum Gasteiger partial charge on any atom is 0.413 e. The van der Waals surface area contributed by atoms with Crippen LogP contribution in [-0.4, -0.2) is 53.9 Å². The molecule has 0 aromatic carbocycles. The Morgan fingerprint density at radius 2 is 2.25 bits per heavy atom. The van der Waals surface area contributed by atoms with Crippen LogP contribution in [0.15, 0.2) is 6.20 Å². The van der Waals surface area contributed by atoms with Crippen molar-refractivity contribution in [3.05, 3.63) is 11.9 Å². The number of hydrogen-bond donors (Lipinski definition) is 2. The normalized spacial score (nSPS) is 10.3. The molecule has 1 aromatic rings. The standard InChI is InChI=1S/C11H19N5O4/c1-3-20-11(18)13-10(17)8-16-7-9(14-15-16)6-12-4-5-19-2/h7,12H,3-6,8H2,1-2H3,(H,13,17,18). The van der Waals surface area contributed by atoms with E-state index in [0.29, 0.717) is 25.4 Å². The number of rotatable bonds is 8. The number of nitrogens with zero attached hydrogens (tertiary/aromatic N) is 3. The molecule has 0 spiro atoms. The summed E-state index contributed by atoms with van der Waals surface area (Å²) in [5, 5.41) is 12.9. The van der Waals surface area contributed by atoms with Gasteiger partial charge in [-0.1, -0.05) is 5.21 Å². The Morgan fingerprint density at radius 1 is 1.45 bits per heavy atom. The van der Waals surface area contributed by atoms with E-state index in [1.54, 1.807) is 20.2 Å². The number of aromatic nitrogens is 3. The van der Waals surface area contributed by atoms with Crippen LogP contribution in [0.4, 0.5) is 4.79 Å². The van der Waals surface area contributed by atoms with Gasteiger partial charge in [0.25, 0.3) is 5.91 Å². The van der Waals surface area contributed by atoms with Crippen molar-refractivity contribution < 1.29 is 19.1 Å². The molecule has 0 aliphatic carbocycles. The number of nitrogens with one attached hydrogen (secondary N) is 2. The number of carbonyl (C=O) groups excluding carboxylic acids is 2. The second-order valence-corrected chi connectivity index (χ2v) is 3.85. The van der Waals surface area contributed by atoms with Gasteiger partial charge >= 0.3 is 6.09 Å². The fourth-order valence-corrected chi connectivity index (χ4v) is 1.36. The molecule has 9 heteroatoms. The maximum absolute atomic E-state index is 11.5. The molecule has 1 rings (SSSR count). The van der Waals surface area contributed by atoms with Gasteiger partial charge in [-0.3, -0.25) is 10.1 Å². The molecule has 0 atom stereocenters. The van der Waals surface area contributed by atoms with E-state index >= 15 is 0 Å². The Bertz CT molecular complexity index is 434. The Balaban J connectivity index is 2.32. The van der Waals surface area contributed by atoms with Crippen molar-refractivity contribution in [1.29, 1.82) is 0 Å². The third-order valence-corrected chi connectivity index (χ3v) is 2.20. The van der Waals surface area contributed by atoms with Gasteiger partial charge < -0.3 is 14.8 Å². The fourth-order valence-electron chi connectivity index (χ4n) is 1.36.